The van der Waals surface area contributed by atoms with Crippen LogP contribution in [0.1, 0.15) is 13.3 Å². The summed E-state index contributed by atoms with van der Waals surface area (Å²) in [6, 6.07) is 4.95. The van der Waals surface area contributed by atoms with Crippen LogP contribution in [0.5, 0.6) is 0 Å². The molecule has 1 fully saturated rings. The molecule has 1 aliphatic rings. The van der Waals surface area contributed by atoms with Crippen molar-refractivity contribution >= 4 is 45.0 Å². The van der Waals surface area contributed by atoms with Gasteiger partial charge >= 0.3 is 0 Å². The normalized spacial score (nSPS) is 18.5. The highest BCUT2D eigenvalue weighted by Gasteiger charge is 2.36. The maximum Gasteiger partial charge on any atom is 0.244 e. The minimum atomic E-state index is -0.425. The second-order valence-corrected chi connectivity index (χ2v) is 5.57. The van der Waals surface area contributed by atoms with Crippen molar-refractivity contribution in [2.75, 3.05) is 17.6 Å². The molecular formula is C13H14BrN3O3. The van der Waals surface area contributed by atoms with E-state index in [-0.39, 0.29) is 30.7 Å². The Morgan fingerprint density at radius 2 is 2.20 bits per heavy atom. The summed E-state index contributed by atoms with van der Waals surface area (Å²) in [6.07, 6.45) is 0.164. The predicted molar refractivity (Wildman–Crippen MR) is 77.7 cm³/mol. The molecule has 0 bridgehead atoms. The number of halogens is 1. The first-order valence-corrected chi connectivity index (χ1v) is 6.87. The predicted octanol–water partition coefficient (Wildman–Crippen LogP) is 1.36. The van der Waals surface area contributed by atoms with Crippen molar-refractivity contribution in [2.45, 2.75) is 13.3 Å². The van der Waals surface area contributed by atoms with E-state index >= 15 is 0 Å². The van der Waals surface area contributed by atoms with Gasteiger partial charge in [0.2, 0.25) is 17.7 Å². The van der Waals surface area contributed by atoms with E-state index in [0.29, 0.717) is 15.8 Å². The molecule has 0 spiro atoms. The number of rotatable bonds is 3. The molecular weight excluding hydrogens is 326 g/mol. The minimum Gasteiger partial charge on any atom is -0.399 e. The fraction of sp³-hybridized carbons (Fsp3) is 0.308. The van der Waals surface area contributed by atoms with Crippen molar-refractivity contribution in [3.63, 3.8) is 0 Å². The number of nitrogens with two attached hydrogens (primary N) is 1. The summed E-state index contributed by atoms with van der Waals surface area (Å²) in [5, 5.41) is 2.63. The van der Waals surface area contributed by atoms with Crippen molar-refractivity contribution in [3.8, 4) is 0 Å². The van der Waals surface area contributed by atoms with Crippen molar-refractivity contribution in [3.05, 3.63) is 22.7 Å². The van der Waals surface area contributed by atoms with Gasteiger partial charge < -0.3 is 11.1 Å². The number of nitrogen functional groups attached to an aromatic ring is 1. The lowest BCUT2D eigenvalue weighted by Crippen LogP contribution is -2.37. The van der Waals surface area contributed by atoms with Crippen LogP contribution in [0.3, 0.4) is 0 Å². The van der Waals surface area contributed by atoms with Crippen LogP contribution in [-0.2, 0) is 14.4 Å². The summed E-state index contributed by atoms with van der Waals surface area (Å²) in [5.41, 5.74) is 6.70. The average molecular weight is 340 g/mol. The zero-order valence-corrected chi connectivity index (χ0v) is 12.4. The van der Waals surface area contributed by atoms with Gasteiger partial charge in [0, 0.05) is 22.5 Å². The molecule has 106 valence electrons. The summed E-state index contributed by atoms with van der Waals surface area (Å²) in [4.78, 5) is 36.2. The van der Waals surface area contributed by atoms with Crippen molar-refractivity contribution in [1.82, 2.24) is 4.90 Å². The third-order valence-corrected chi connectivity index (χ3v) is 3.69. The number of carbonyl (C=O) groups excluding carboxylic acids is 3. The summed E-state index contributed by atoms with van der Waals surface area (Å²) in [5.74, 6) is -1.39. The number of imide groups is 1. The van der Waals surface area contributed by atoms with Gasteiger partial charge in [-0.05, 0) is 34.1 Å². The standard InChI is InChI=1S/C13H14BrN3O3/c1-7-4-12(19)17(13(7)20)6-11(18)16-10-3-2-8(15)5-9(10)14/h2-3,5,7H,4,6,15H2,1H3,(H,16,18). The number of nitrogens with zero attached hydrogens (tertiary/aromatic N) is 1. The molecule has 1 aromatic carbocycles. The zero-order valence-electron chi connectivity index (χ0n) is 10.9. The molecule has 1 heterocycles. The third kappa shape index (κ3) is 2.98. The smallest absolute Gasteiger partial charge is 0.244 e. The fourth-order valence-corrected chi connectivity index (χ4v) is 2.48. The quantitative estimate of drug-likeness (QED) is 0.642. The van der Waals surface area contributed by atoms with E-state index in [1.165, 1.54) is 0 Å². The highest BCUT2D eigenvalue weighted by Crippen LogP contribution is 2.25. The monoisotopic (exact) mass is 339 g/mol. The zero-order chi connectivity index (χ0) is 14.9. The number of anilines is 2. The number of carbonyl (C=O) groups is 3. The Labute approximate surface area is 124 Å². The summed E-state index contributed by atoms with van der Waals surface area (Å²) in [7, 11) is 0. The second kappa shape index (κ2) is 5.62. The highest BCUT2D eigenvalue weighted by molar-refractivity contribution is 9.10. The third-order valence-electron chi connectivity index (χ3n) is 3.04. The summed E-state index contributed by atoms with van der Waals surface area (Å²) >= 11 is 3.28. The van der Waals surface area contributed by atoms with E-state index in [4.69, 9.17) is 5.73 Å². The lowest BCUT2D eigenvalue weighted by Gasteiger charge is -2.14. The molecule has 6 nitrogen and oxygen atoms in total. The van der Waals surface area contributed by atoms with Crippen molar-refractivity contribution in [1.29, 1.82) is 0 Å². The largest absolute Gasteiger partial charge is 0.399 e. The lowest BCUT2D eigenvalue weighted by atomic mass is 10.1. The summed E-state index contributed by atoms with van der Waals surface area (Å²) in [6.45, 7) is 1.41. The van der Waals surface area contributed by atoms with Gasteiger partial charge in [-0.2, -0.15) is 0 Å². The van der Waals surface area contributed by atoms with Gasteiger partial charge in [-0.25, -0.2) is 0 Å². The van der Waals surface area contributed by atoms with Crippen LogP contribution in [0.15, 0.2) is 22.7 Å². The van der Waals surface area contributed by atoms with E-state index in [1.807, 2.05) is 0 Å². The fourth-order valence-electron chi connectivity index (χ4n) is 1.98. The lowest BCUT2D eigenvalue weighted by molar-refractivity contribution is -0.142. The number of amides is 3. The Morgan fingerprint density at radius 3 is 2.75 bits per heavy atom. The summed E-state index contributed by atoms with van der Waals surface area (Å²) < 4.78 is 0.637. The van der Waals surface area contributed by atoms with Crippen LogP contribution in [-0.4, -0.2) is 29.2 Å². The number of nitrogens with one attached hydrogen (secondary N) is 1. The Morgan fingerprint density at radius 1 is 1.50 bits per heavy atom. The van der Waals surface area contributed by atoms with E-state index in [9.17, 15) is 14.4 Å². The number of hydrogen-bond donors (Lipinski definition) is 2. The van der Waals surface area contributed by atoms with Crippen LogP contribution in [0.2, 0.25) is 0 Å². The van der Waals surface area contributed by atoms with Crippen molar-refractivity contribution < 1.29 is 14.4 Å². The van der Waals surface area contributed by atoms with Gasteiger partial charge in [0.05, 0.1) is 5.69 Å². The highest BCUT2D eigenvalue weighted by atomic mass is 79.9. The molecule has 3 amide bonds. The first kappa shape index (κ1) is 14.5. The van der Waals surface area contributed by atoms with E-state index < -0.39 is 5.91 Å². The van der Waals surface area contributed by atoms with Gasteiger partial charge in [0.25, 0.3) is 0 Å². The molecule has 0 radical (unpaired) electrons. The van der Waals surface area contributed by atoms with Crippen LogP contribution >= 0.6 is 15.9 Å². The van der Waals surface area contributed by atoms with E-state index in [2.05, 4.69) is 21.2 Å². The Kier molecular flexibility index (Phi) is 4.08. The Balaban J connectivity index is 2.03. The van der Waals surface area contributed by atoms with Gasteiger partial charge in [-0.15, -0.1) is 0 Å². The number of likely N-dealkylation sites (tertiary alicyclic amines) is 1. The molecule has 0 aliphatic carbocycles. The van der Waals surface area contributed by atoms with Gasteiger partial charge in [-0.1, -0.05) is 6.92 Å². The maximum atomic E-state index is 11.9. The van der Waals surface area contributed by atoms with Crippen LogP contribution < -0.4 is 11.1 Å². The van der Waals surface area contributed by atoms with Crippen LogP contribution in [0.4, 0.5) is 11.4 Å². The molecule has 1 aliphatic heterocycles. The molecule has 2 rings (SSSR count). The number of hydrogen-bond acceptors (Lipinski definition) is 4. The topological polar surface area (TPSA) is 92.5 Å². The van der Waals surface area contributed by atoms with Crippen LogP contribution in [0, 0.1) is 5.92 Å². The van der Waals surface area contributed by atoms with Gasteiger partial charge in [-0.3, -0.25) is 19.3 Å². The van der Waals surface area contributed by atoms with Gasteiger partial charge in [0.1, 0.15) is 6.54 Å². The van der Waals surface area contributed by atoms with E-state index in [1.54, 1.807) is 25.1 Å². The molecule has 7 heteroatoms. The molecule has 1 atom stereocenters. The Hall–Kier alpha value is -1.89. The minimum absolute atomic E-state index is 0.164. The number of benzene rings is 1. The molecule has 20 heavy (non-hydrogen) atoms. The van der Waals surface area contributed by atoms with E-state index in [0.717, 1.165) is 4.90 Å². The first-order chi connectivity index (χ1) is 9.38. The average Bonchev–Trinajstić information content (AvgIpc) is 2.60. The SMILES string of the molecule is CC1CC(=O)N(CC(=O)Nc2ccc(N)cc2Br)C1=O. The van der Waals surface area contributed by atoms with Crippen LogP contribution in [0.25, 0.3) is 0 Å². The molecule has 3 N–H and O–H groups in total. The molecule has 1 unspecified atom stereocenters. The van der Waals surface area contributed by atoms with Crippen molar-refractivity contribution in [2.24, 2.45) is 5.92 Å². The maximum absolute atomic E-state index is 11.9. The second-order valence-electron chi connectivity index (χ2n) is 4.71. The molecule has 0 saturated carbocycles. The molecule has 1 saturated heterocycles. The molecule has 1 aromatic rings. The first-order valence-electron chi connectivity index (χ1n) is 6.07. The Bertz CT molecular complexity index is 588. The molecule has 0 aromatic heterocycles. The van der Waals surface area contributed by atoms with Gasteiger partial charge in [0.15, 0.2) is 0 Å².